The van der Waals surface area contributed by atoms with Crippen LogP contribution in [0.2, 0.25) is 10.0 Å². The molecule has 0 spiro atoms. The molecule has 0 aromatic heterocycles. The summed E-state index contributed by atoms with van der Waals surface area (Å²) in [7, 11) is 0. The summed E-state index contributed by atoms with van der Waals surface area (Å²) in [6.45, 7) is 3.41. The number of benzene rings is 2. The van der Waals surface area contributed by atoms with E-state index in [4.69, 9.17) is 28.9 Å². The molecule has 1 aliphatic heterocycles. The number of carbonyl (C=O) groups excluding carboxylic acids is 2. The van der Waals surface area contributed by atoms with Crippen LogP contribution in [0.25, 0.3) is 0 Å². The molecular weight excluding hydrogens is 404 g/mol. The minimum atomic E-state index is -1.21. The summed E-state index contributed by atoms with van der Waals surface area (Å²) in [6, 6.07) is 9.96. The third-order valence-electron chi connectivity index (χ3n) is 5.04. The van der Waals surface area contributed by atoms with E-state index in [2.05, 4.69) is 0 Å². The van der Waals surface area contributed by atoms with E-state index in [1.54, 1.807) is 50.2 Å². The van der Waals surface area contributed by atoms with Crippen LogP contribution < -0.4 is 10.6 Å². The fourth-order valence-electron chi connectivity index (χ4n) is 3.40. The van der Waals surface area contributed by atoms with Gasteiger partial charge in [-0.25, -0.2) is 9.18 Å². The Kier molecular flexibility index (Phi) is 5.55. The first-order valence-electron chi connectivity index (χ1n) is 8.74. The zero-order valence-electron chi connectivity index (χ0n) is 15.5. The van der Waals surface area contributed by atoms with E-state index in [1.807, 2.05) is 0 Å². The van der Waals surface area contributed by atoms with Gasteiger partial charge in [-0.3, -0.25) is 9.69 Å². The molecule has 1 fully saturated rings. The van der Waals surface area contributed by atoms with E-state index in [1.165, 1.54) is 15.9 Å². The Bertz CT molecular complexity index is 915. The number of nitrogens with two attached hydrogens (primary N) is 1. The van der Waals surface area contributed by atoms with Crippen molar-refractivity contribution in [2.24, 2.45) is 5.73 Å². The van der Waals surface area contributed by atoms with Crippen molar-refractivity contribution in [1.82, 2.24) is 4.90 Å². The number of carbonyl (C=O) groups is 2. The Balaban J connectivity index is 2.13. The Morgan fingerprint density at radius 2 is 1.79 bits per heavy atom. The van der Waals surface area contributed by atoms with E-state index >= 15 is 0 Å². The molecule has 2 aromatic carbocycles. The van der Waals surface area contributed by atoms with Crippen LogP contribution in [0.3, 0.4) is 0 Å². The van der Waals surface area contributed by atoms with Gasteiger partial charge in [0.25, 0.3) is 0 Å². The molecule has 1 saturated heterocycles. The highest BCUT2D eigenvalue weighted by Gasteiger charge is 2.44. The summed E-state index contributed by atoms with van der Waals surface area (Å²) in [5.41, 5.74) is 5.10. The van der Waals surface area contributed by atoms with Crippen molar-refractivity contribution in [3.8, 4) is 0 Å². The molecule has 28 heavy (non-hydrogen) atoms. The van der Waals surface area contributed by atoms with Crippen molar-refractivity contribution < 1.29 is 14.0 Å². The quantitative estimate of drug-likeness (QED) is 0.769. The molecule has 1 unspecified atom stereocenters. The van der Waals surface area contributed by atoms with Crippen LogP contribution in [0.5, 0.6) is 0 Å². The number of urea groups is 1. The lowest BCUT2D eigenvalue weighted by Gasteiger charge is -2.46. The second-order valence-electron chi connectivity index (χ2n) is 7.18. The van der Waals surface area contributed by atoms with Crippen LogP contribution in [0.15, 0.2) is 42.5 Å². The summed E-state index contributed by atoms with van der Waals surface area (Å²) < 4.78 is 14.5. The van der Waals surface area contributed by atoms with Crippen molar-refractivity contribution in [1.29, 1.82) is 0 Å². The maximum Gasteiger partial charge on any atom is 0.325 e. The van der Waals surface area contributed by atoms with Gasteiger partial charge in [0, 0.05) is 27.8 Å². The minimum Gasteiger partial charge on any atom is -0.368 e. The molecular formula is C20H20Cl2FN3O2. The summed E-state index contributed by atoms with van der Waals surface area (Å²) in [6.07, 6.45) is 0.396. The van der Waals surface area contributed by atoms with Gasteiger partial charge in [-0.15, -0.1) is 0 Å². The zero-order valence-corrected chi connectivity index (χ0v) is 17.0. The molecule has 148 valence electrons. The van der Waals surface area contributed by atoms with Crippen molar-refractivity contribution in [2.75, 3.05) is 11.4 Å². The highest BCUT2D eigenvalue weighted by atomic mass is 35.5. The van der Waals surface area contributed by atoms with E-state index in [9.17, 15) is 14.0 Å². The number of nitrogens with zero attached hydrogens (tertiary/aromatic N) is 2. The second-order valence-corrected chi connectivity index (χ2v) is 8.05. The third kappa shape index (κ3) is 3.66. The lowest BCUT2D eigenvalue weighted by molar-refractivity contribution is -0.127. The first-order valence-corrected chi connectivity index (χ1v) is 9.49. The lowest BCUT2D eigenvalue weighted by Crippen LogP contribution is -2.62. The van der Waals surface area contributed by atoms with Crippen molar-refractivity contribution in [2.45, 2.75) is 31.8 Å². The van der Waals surface area contributed by atoms with Crippen molar-refractivity contribution >= 4 is 40.8 Å². The molecule has 1 atom stereocenters. The molecule has 8 heteroatoms. The molecule has 3 amide bonds. The van der Waals surface area contributed by atoms with E-state index in [0.717, 1.165) is 0 Å². The molecule has 1 heterocycles. The molecule has 0 saturated carbocycles. The van der Waals surface area contributed by atoms with Crippen LogP contribution >= 0.6 is 23.2 Å². The molecule has 1 aliphatic rings. The molecule has 0 radical (unpaired) electrons. The largest absolute Gasteiger partial charge is 0.368 e. The summed E-state index contributed by atoms with van der Waals surface area (Å²) in [4.78, 5) is 28.2. The average molecular weight is 424 g/mol. The first-order chi connectivity index (χ1) is 13.1. The number of halogens is 3. The second kappa shape index (κ2) is 7.60. The maximum absolute atomic E-state index is 14.5. The number of anilines is 1. The normalized spacial score (nSPS) is 17.8. The van der Waals surface area contributed by atoms with Crippen LogP contribution in [0, 0.1) is 5.82 Å². The van der Waals surface area contributed by atoms with Crippen LogP contribution in [-0.2, 0) is 4.79 Å². The van der Waals surface area contributed by atoms with Gasteiger partial charge in [0.05, 0.1) is 6.04 Å². The van der Waals surface area contributed by atoms with Crippen LogP contribution in [0.4, 0.5) is 14.9 Å². The lowest BCUT2D eigenvalue weighted by atomic mass is 9.94. The first kappa shape index (κ1) is 20.4. The Morgan fingerprint density at radius 3 is 2.36 bits per heavy atom. The average Bonchev–Trinajstić information content (AvgIpc) is 2.60. The van der Waals surface area contributed by atoms with Gasteiger partial charge in [-0.05, 0) is 44.5 Å². The Labute approximate surface area is 172 Å². The van der Waals surface area contributed by atoms with Gasteiger partial charge in [-0.2, -0.15) is 0 Å². The summed E-state index contributed by atoms with van der Waals surface area (Å²) in [5, 5.41) is 0.683. The standard InChI is InChI=1S/C20H20Cl2FN3O2/c1-20(2,18(24)27)25-8-7-17(15-5-3-4-6-16(15)23)26(19(25)28)14-10-12(21)9-13(22)11-14/h3-6,9-11,17H,7-8H2,1-2H3,(H2,24,27). The highest BCUT2D eigenvalue weighted by Crippen LogP contribution is 2.39. The molecule has 2 N–H and O–H groups in total. The predicted octanol–water partition coefficient (Wildman–Crippen LogP) is 4.77. The number of primary amides is 1. The van der Waals surface area contributed by atoms with Gasteiger partial charge in [0.1, 0.15) is 11.4 Å². The van der Waals surface area contributed by atoms with E-state index < -0.39 is 29.3 Å². The molecule has 5 nitrogen and oxygen atoms in total. The Hall–Kier alpha value is -2.31. The number of hydrogen-bond acceptors (Lipinski definition) is 2. The number of hydrogen-bond donors (Lipinski definition) is 1. The molecule has 0 aliphatic carbocycles. The van der Waals surface area contributed by atoms with E-state index in [-0.39, 0.29) is 6.54 Å². The van der Waals surface area contributed by atoms with Crippen molar-refractivity contribution in [3.63, 3.8) is 0 Å². The van der Waals surface area contributed by atoms with Gasteiger partial charge < -0.3 is 10.6 Å². The zero-order chi connectivity index (χ0) is 20.6. The topological polar surface area (TPSA) is 66.6 Å². The highest BCUT2D eigenvalue weighted by molar-refractivity contribution is 6.35. The smallest absolute Gasteiger partial charge is 0.325 e. The monoisotopic (exact) mass is 423 g/mol. The van der Waals surface area contributed by atoms with Gasteiger partial charge in [-0.1, -0.05) is 41.4 Å². The van der Waals surface area contributed by atoms with Crippen molar-refractivity contribution in [3.05, 3.63) is 63.9 Å². The molecule has 3 rings (SSSR count). The third-order valence-corrected chi connectivity index (χ3v) is 5.48. The maximum atomic E-state index is 14.5. The number of rotatable bonds is 4. The summed E-state index contributed by atoms with van der Waals surface area (Å²) >= 11 is 12.3. The molecule has 0 bridgehead atoms. The van der Waals surface area contributed by atoms with Gasteiger partial charge in [0.15, 0.2) is 0 Å². The SMILES string of the molecule is CC(C)(C(N)=O)N1CCC(c2ccccc2F)N(c2cc(Cl)cc(Cl)c2)C1=O. The minimum absolute atomic E-state index is 0.249. The van der Waals surface area contributed by atoms with E-state index in [0.29, 0.717) is 27.7 Å². The predicted molar refractivity (Wildman–Crippen MR) is 108 cm³/mol. The van der Waals surface area contributed by atoms with Gasteiger partial charge >= 0.3 is 6.03 Å². The fourth-order valence-corrected chi connectivity index (χ4v) is 3.91. The molecule has 2 aromatic rings. The Morgan fingerprint density at radius 1 is 1.18 bits per heavy atom. The van der Waals surface area contributed by atoms with Crippen LogP contribution in [-0.4, -0.2) is 28.9 Å². The fraction of sp³-hybridized carbons (Fsp3) is 0.300. The van der Waals surface area contributed by atoms with Gasteiger partial charge in [0.2, 0.25) is 5.91 Å². The van der Waals surface area contributed by atoms with Crippen LogP contribution in [0.1, 0.15) is 31.9 Å². The number of amides is 3. The summed E-state index contributed by atoms with van der Waals surface area (Å²) in [5.74, 6) is -1.05.